The van der Waals surface area contributed by atoms with Gasteiger partial charge in [-0.3, -0.25) is 0 Å². The summed E-state index contributed by atoms with van der Waals surface area (Å²) in [7, 11) is -0.129. The number of nitrogens with zero attached hydrogens (tertiary/aromatic N) is 3. The van der Waals surface area contributed by atoms with Gasteiger partial charge < -0.3 is 4.57 Å². The minimum atomic E-state index is -3.49. The number of halogens is 1. The van der Waals surface area contributed by atoms with Crippen molar-refractivity contribution >= 4 is 26.0 Å². The Bertz CT molecular complexity index is 496. The van der Waals surface area contributed by atoms with Crippen molar-refractivity contribution < 1.29 is 8.42 Å². The van der Waals surface area contributed by atoms with E-state index in [2.05, 4.69) is 20.9 Å². The van der Waals surface area contributed by atoms with Gasteiger partial charge in [0.15, 0.2) is 0 Å². The zero-order valence-corrected chi connectivity index (χ0v) is 13.0. The molecule has 0 saturated carbocycles. The minimum absolute atomic E-state index is 0.0936. The molecule has 0 spiro atoms. The van der Waals surface area contributed by atoms with Crippen LogP contribution in [0.3, 0.4) is 0 Å². The molecule has 17 heavy (non-hydrogen) atoms. The Hall–Kier alpha value is -0.400. The molecule has 0 radical (unpaired) electrons. The second kappa shape index (κ2) is 5.49. The number of imidazole rings is 1. The van der Waals surface area contributed by atoms with Crippen molar-refractivity contribution in [3.8, 4) is 0 Å². The summed E-state index contributed by atoms with van der Waals surface area (Å²) in [5.41, 5.74) is 0. The van der Waals surface area contributed by atoms with Crippen LogP contribution in [-0.4, -0.2) is 35.9 Å². The van der Waals surface area contributed by atoms with E-state index in [1.807, 2.05) is 6.92 Å². The second-order valence-electron chi connectivity index (χ2n) is 3.99. The average Bonchev–Trinajstić information content (AvgIpc) is 2.54. The Balaban J connectivity index is 3.09. The molecule has 1 aromatic rings. The molecule has 98 valence electrons. The number of hydrogen-bond acceptors (Lipinski definition) is 3. The van der Waals surface area contributed by atoms with Crippen molar-refractivity contribution in [3.05, 3.63) is 10.4 Å². The van der Waals surface area contributed by atoms with Gasteiger partial charge in [-0.2, -0.15) is 4.31 Å². The Morgan fingerprint density at radius 2 is 2.06 bits per heavy atom. The highest BCUT2D eigenvalue weighted by Gasteiger charge is 2.27. The van der Waals surface area contributed by atoms with Crippen LogP contribution in [-0.2, 0) is 17.1 Å². The lowest BCUT2D eigenvalue weighted by atomic mass is 10.3. The van der Waals surface area contributed by atoms with Crippen molar-refractivity contribution in [1.29, 1.82) is 0 Å². The van der Waals surface area contributed by atoms with Gasteiger partial charge in [0, 0.05) is 20.6 Å². The standard InChI is InChI=1S/C10H18BrN3O2S/c1-5-6-7-13(3)17(15,16)10-9(11)14(4)8(2)12-10/h5-7H2,1-4H3. The smallest absolute Gasteiger partial charge is 0.263 e. The van der Waals surface area contributed by atoms with Gasteiger partial charge in [-0.25, -0.2) is 13.4 Å². The van der Waals surface area contributed by atoms with Crippen LogP contribution in [0.15, 0.2) is 9.63 Å². The van der Waals surface area contributed by atoms with E-state index in [1.54, 1.807) is 25.6 Å². The Morgan fingerprint density at radius 3 is 2.47 bits per heavy atom. The van der Waals surface area contributed by atoms with Crippen LogP contribution in [0.2, 0.25) is 0 Å². The maximum Gasteiger partial charge on any atom is 0.263 e. The predicted molar refractivity (Wildman–Crippen MR) is 70.4 cm³/mol. The van der Waals surface area contributed by atoms with Crippen LogP contribution in [0.1, 0.15) is 25.6 Å². The van der Waals surface area contributed by atoms with Gasteiger partial charge in [0.1, 0.15) is 10.4 Å². The molecule has 0 amide bonds. The lowest BCUT2D eigenvalue weighted by molar-refractivity contribution is 0.456. The first kappa shape index (κ1) is 14.7. The molecular formula is C10H18BrN3O2S. The van der Waals surface area contributed by atoms with Crippen molar-refractivity contribution in [1.82, 2.24) is 13.9 Å². The number of aromatic nitrogens is 2. The first-order valence-electron chi connectivity index (χ1n) is 5.47. The number of rotatable bonds is 5. The van der Waals surface area contributed by atoms with Gasteiger partial charge in [0.2, 0.25) is 5.03 Å². The lowest BCUT2D eigenvalue weighted by Gasteiger charge is -2.15. The van der Waals surface area contributed by atoms with E-state index in [4.69, 9.17) is 0 Å². The fourth-order valence-corrected chi connectivity index (χ4v) is 3.59. The molecule has 1 rings (SSSR count). The minimum Gasteiger partial charge on any atom is -0.325 e. The molecule has 0 aliphatic heterocycles. The van der Waals surface area contributed by atoms with Crippen molar-refractivity contribution in [3.63, 3.8) is 0 Å². The number of hydrogen-bond donors (Lipinski definition) is 0. The van der Waals surface area contributed by atoms with Gasteiger partial charge in [-0.15, -0.1) is 0 Å². The number of aryl methyl sites for hydroxylation is 1. The van der Waals surface area contributed by atoms with E-state index in [0.29, 0.717) is 17.0 Å². The normalized spacial score (nSPS) is 12.4. The molecule has 7 heteroatoms. The summed E-state index contributed by atoms with van der Waals surface area (Å²) in [5.74, 6) is 0.666. The van der Waals surface area contributed by atoms with Crippen molar-refractivity contribution in [2.24, 2.45) is 7.05 Å². The molecular weight excluding hydrogens is 306 g/mol. The maximum atomic E-state index is 12.2. The summed E-state index contributed by atoms with van der Waals surface area (Å²) in [6, 6.07) is 0. The molecule has 0 N–H and O–H groups in total. The highest BCUT2D eigenvalue weighted by molar-refractivity contribution is 9.10. The lowest BCUT2D eigenvalue weighted by Crippen LogP contribution is -2.28. The summed E-state index contributed by atoms with van der Waals surface area (Å²) >= 11 is 3.27. The van der Waals surface area contributed by atoms with Gasteiger partial charge in [0.25, 0.3) is 10.0 Å². The molecule has 1 heterocycles. The van der Waals surface area contributed by atoms with Crippen LogP contribution in [0.4, 0.5) is 0 Å². The molecule has 1 aromatic heterocycles. The van der Waals surface area contributed by atoms with E-state index in [-0.39, 0.29) is 5.03 Å². The largest absolute Gasteiger partial charge is 0.325 e. The van der Waals surface area contributed by atoms with Crippen LogP contribution in [0.25, 0.3) is 0 Å². The quantitative estimate of drug-likeness (QED) is 0.831. The average molecular weight is 324 g/mol. The van der Waals surface area contributed by atoms with Crippen LogP contribution < -0.4 is 0 Å². The Morgan fingerprint density at radius 1 is 1.47 bits per heavy atom. The zero-order chi connectivity index (χ0) is 13.2. The summed E-state index contributed by atoms with van der Waals surface area (Å²) in [4.78, 5) is 4.10. The van der Waals surface area contributed by atoms with Crippen molar-refractivity contribution in [2.45, 2.75) is 31.7 Å². The molecule has 0 aliphatic carbocycles. The third-order valence-electron chi connectivity index (χ3n) is 2.70. The molecule has 0 unspecified atom stereocenters. The van der Waals surface area contributed by atoms with Gasteiger partial charge >= 0.3 is 0 Å². The monoisotopic (exact) mass is 323 g/mol. The molecule has 5 nitrogen and oxygen atoms in total. The maximum absolute atomic E-state index is 12.2. The number of unbranched alkanes of at least 4 members (excludes halogenated alkanes) is 1. The fourth-order valence-electron chi connectivity index (χ4n) is 1.37. The fraction of sp³-hybridized carbons (Fsp3) is 0.700. The van der Waals surface area contributed by atoms with Gasteiger partial charge in [-0.05, 0) is 29.3 Å². The first-order chi connectivity index (χ1) is 7.82. The molecule has 0 bridgehead atoms. The SMILES string of the molecule is CCCCN(C)S(=O)(=O)c1nc(C)n(C)c1Br. The zero-order valence-electron chi connectivity index (χ0n) is 10.6. The first-order valence-corrected chi connectivity index (χ1v) is 7.70. The molecule has 0 atom stereocenters. The highest BCUT2D eigenvalue weighted by atomic mass is 79.9. The second-order valence-corrected chi connectivity index (χ2v) is 6.71. The van der Waals surface area contributed by atoms with Crippen LogP contribution in [0, 0.1) is 6.92 Å². The van der Waals surface area contributed by atoms with Gasteiger partial charge in [-0.1, -0.05) is 13.3 Å². The van der Waals surface area contributed by atoms with Gasteiger partial charge in [0.05, 0.1) is 0 Å². The summed E-state index contributed by atoms with van der Waals surface area (Å²) < 4.78 is 28.0. The van der Waals surface area contributed by atoms with E-state index in [0.717, 1.165) is 12.8 Å². The molecule has 0 aromatic carbocycles. The van der Waals surface area contributed by atoms with E-state index < -0.39 is 10.0 Å². The third-order valence-corrected chi connectivity index (χ3v) is 5.65. The topological polar surface area (TPSA) is 55.2 Å². The van der Waals surface area contributed by atoms with Crippen LogP contribution in [0.5, 0.6) is 0 Å². The molecule has 0 aliphatic rings. The Kier molecular flexibility index (Phi) is 4.74. The Labute approximate surface area is 111 Å². The van der Waals surface area contributed by atoms with E-state index in [9.17, 15) is 8.42 Å². The van der Waals surface area contributed by atoms with E-state index in [1.165, 1.54) is 4.31 Å². The number of sulfonamides is 1. The molecule has 0 fully saturated rings. The van der Waals surface area contributed by atoms with Crippen molar-refractivity contribution in [2.75, 3.05) is 13.6 Å². The predicted octanol–water partition coefficient (Wildman–Crippen LogP) is 1.91. The highest BCUT2D eigenvalue weighted by Crippen LogP contribution is 2.24. The summed E-state index contributed by atoms with van der Waals surface area (Å²) in [5, 5.41) is 0.0936. The van der Waals surface area contributed by atoms with E-state index >= 15 is 0 Å². The summed E-state index contributed by atoms with van der Waals surface area (Å²) in [6.45, 7) is 4.32. The third kappa shape index (κ3) is 2.89. The van der Waals surface area contributed by atoms with Crippen LogP contribution >= 0.6 is 15.9 Å². The molecule has 0 saturated heterocycles. The summed E-state index contributed by atoms with van der Waals surface area (Å²) in [6.07, 6.45) is 1.81.